The van der Waals surface area contributed by atoms with Gasteiger partial charge in [-0.3, -0.25) is 14.2 Å². The second-order valence-electron chi connectivity index (χ2n) is 6.71. The lowest BCUT2D eigenvalue weighted by molar-refractivity contribution is -0.137. The highest BCUT2D eigenvalue weighted by molar-refractivity contribution is 7.13. The fourth-order valence-corrected chi connectivity index (χ4v) is 3.97. The highest BCUT2D eigenvalue weighted by Crippen LogP contribution is 2.23. The van der Waals surface area contributed by atoms with Crippen LogP contribution in [0.2, 0.25) is 0 Å². The molecule has 0 spiro atoms. The monoisotopic (exact) mass is 401 g/mol. The minimum atomic E-state index is -0.678. The van der Waals surface area contributed by atoms with Gasteiger partial charge in [0.2, 0.25) is 16.9 Å². The topological polar surface area (TPSA) is 110 Å². The van der Waals surface area contributed by atoms with Crippen LogP contribution in [-0.4, -0.2) is 44.6 Å². The minimum absolute atomic E-state index is 0.103. The van der Waals surface area contributed by atoms with Crippen molar-refractivity contribution >= 4 is 39.4 Å². The van der Waals surface area contributed by atoms with Gasteiger partial charge in [0.05, 0.1) is 5.52 Å². The molecule has 1 unspecified atom stereocenters. The molecule has 0 saturated carbocycles. The number of amides is 2. The number of oxazole rings is 1. The summed E-state index contributed by atoms with van der Waals surface area (Å²) in [4.78, 5) is 39.2. The van der Waals surface area contributed by atoms with Crippen molar-refractivity contribution in [2.45, 2.75) is 25.8 Å². The second-order valence-corrected chi connectivity index (χ2v) is 7.55. The number of aromatic nitrogens is 3. The molecule has 28 heavy (non-hydrogen) atoms. The van der Waals surface area contributed by atoms with Gasteiger partial charge in [-0.05, 0) is 31.9 Å². The van der Waals surface area contributed by atoms with Crippen LogP contribution in [0.3, 0.4) is 0 Å². The van der Waals surface area contributed by atoms with E-state index in [1.165, 1.54) is 15.9 Å². The molecule has 1 aliphatic heterocycles. The lowest BCUT2D eigenvalue weighted by atomic mass is 9.95. The third kappa shape index (κ3) is 3.42. The van der Waals surface area contributed by atoms with E-state index in [2.05, 4.69) is 15.5 Å². The summed E-state index contributed by atoms with van der Waals surface area (Å²) in [6.07, 6.45) is 1.12. The van der Waals surface area contributed by atoms with Crippen LogP contribution in [0.5, 0.6) is 0 Å². The zero-order valence-electron chi connectivity index (χ0n) is 15.2. The number of piperidine rings is 1. The molecule has 2 amide bonds. The maximum absolute atomic E-state index is 12.9. The average Bonchev–Trinajstić information content (AvgIpc) is 3.33. The van der Waals surface area contributed by atoms with E-state index in [1.54, 1.807) is 41.6 Å². The smallest absolute Gasteiger partial charge is 0.408 e. The van der Waals surface area contributed by atoms with Gasteiger partial charge in [-0.2, -0.15) is 0 Å². The summed E-state index contributed by atoms with van der Waals surface area (Å²) in [7, 11) is 0. The van der Waals surface area contributed by atoms with Crippen LogP contribution < -0.4 is 11.1 Å². The standard InChI is InChI=1S/C18H19N5O4S/c1-11(23-13-4-2-3-5-14(13)27-18(23)26)16(25)22-8-6-12(7-9-22)15(24)20-17-21-19-10-28-17/h2-5,10-12H,6-9H2,1H3,(H,20,21,24). The van der Waals surface area contributed by atoms with Gasteiger partial charge in [0.1, 0.15) is 11.6 Å². The Morgan fingerprint density at radius 1 is 1.29 bits per heavy atom. The normalized spacial score (nSPS) is 16.2. The lowest BCUT2D eigenvalue weighted by Crippen LogP contribution is -2.44. The molecule has 1 aliphatic rings. The largest absolute Gasteiger partial charge is 0.420 e. The summed E-state index contributed by atoms with van der Waals surface area (Å²) >= 11 is 1.27. The molecule has 1 aromatic carbocycles. The van der Waals surface area contributed by atoms with Gasteiger partial charge in [0.25, 0.3) is 0 Å². The summed E-state index contributed by atoms with van der Waals surface area (Å²) in [5, 5.41) is 10.7. The molecular formula is C18H19N5O4S. The third-order valence-electron chi connectivity index (χ3n) is 5.03. The van der Waals surface area contributed by atoms with Crippen molar-refractivity contribution in [3.8, 4) is 0 Å². The molecule has 146 valence electrons. The van der Waals surface area contributed by atoms with Crippen molar-refractivity contribution in [3.05, 3.63) is 40.3 Å². The van der Waals surface area contributed by atoms with Crippen LogP contribution >= 0.6 is 11.3 Å². The van der Waals surface area contributed by atoms with Crippen LogP contribution in [-0.2, 0) is 9.59 Å². The molecule has 0 bridgehead atoms. The first kappa shape index (κ1) is 18.4. The number of rotatable bonds is 4. The van der Waals surface area contributed by atoms with Crippen molar-refractivity contribution < 1.29 is 14.0 Å². The van der Waals surface area contributed by atoms with E-state index in [1.807, 2.05) is 0 Å². The summed E-state index contributed by atoms with van der Waals surface area (Å²) in [5.74, 6) is -0.986. The molecule has 10 heteroatoms. The van der Waals surface area contributed by atoms with Gasteiger partial charge in [-0.1, -0.05) is 23.5 Å². The number of hydrogen-bond acceptors (Lipinski definition) is 7. The predicted molar refractivity (Wildman–Crippen MR) is 103 cm³/mol. The zero-order valence-corrected chi connectivity index (χ0v) is 16.0. The number of carbonyl (C=O) groups excluding carboxylic acids is 2. The van der Waals surface area contributed by atoms with Gasteiger partial charge in [0.15, 0.2) is 5.58 Å². The molecule has 1 fully saturated rings. The summed E-state index contributed by atoms with van der Waals surface area (Å²) < 4.78 is 6.61. The highest BCUT2D eigenvalue weighted by Gasteiger charge is 2.31. The van der Waals surface area contributed by atoms with E-state index in [-0.39, 0.29) is 17.7 Å². The number of fused-ring (bicyclic) bond motifs is 1. The summed E-state index contributed by atoms with van der Waals surface area (Å²) in [5.41, 5.74) is 2.61. The molecule has 3 aromatic rings. The second kappa shape index (κ2) is 7.55. The van der Waals surface area contributed by atoms with Crippen molar-refractivity contribution in [3.63, 3.8) is 0 Å². The molecule has 9 nitrogen and oxygen atoms in total. The Kier molecular flexibility index (Phi) is 4.95. The van der Waals surface area contributed by atoms with Crippen molar-refractivity contribution in [2.24, 2.45) is 5.92 Å². The van der Waals surface area contributed by atoms with E-state index >= 15 is 0 Å². The van der Waals surface area contributed by atoms with Crippen LogP contribution in [0.1, 0.15) is 25.8 Å². The van der Waals surface area contributed by atoms with E-state index in [0.717, 1.165) is 0 Å². The third-order valence-corrected chi connectivity index (χ3v) is 5.64. The number of anilines is 1. The molecule has 0 aliphatic carbocycles. The summed E-state index contributed by atoms with van der Waals surface area (Å²) in [6, 6.07) is 6.36. The first-order chi connectivity index (χ1) is 13.5. The van der Waals surface area contributed by atoms with Crippen molar-refractivity contribution in [1.29, 1.82) is 0 Å². The van der Waals surface area contributed by atoms with Crippen molar-refractivity contribution in [2.75, 3.05) is 18.4 Å². The Hall–Kier alpha value is -3.01. The summed E-state index contributed by atoms with van der Waals surface area (Å²) in [6.45, 7) is 2.61. The Labute approximate surface area is 164 Å². The van der Waals surface area contributed by atoms with Crippen LogP contribution in [0.15, 0.2) is 39.0 Å². The first-order valence-corrected chi connectivity index (χ1v) is 9.88. The average molecular weight is 401 g/mol. The van der Waals surface area contributed by atoms with Crippen LogP contribution in [0.25, 0.3) is 11.1 Å². The Morgan fingerprint density at radius 2 is 2.04 bits per heavy atom. The Morgan fingerprint density at radius 3 is 2.75 bits per heavy atom. The molecule has 4 rings (SSSR count). The van der Waals surface area contributed by atoms with Gasteiger partial charge in [0, 0.05) is 19.0 Å². The molecule has 1 N–H and O–H groups in total. The Bertz CT molecular complexity index is 1050. The number of carbonyl (C=O) groups is 2. The van der Waals surface area contributed by atoms with Gasteiger partial charge in [-0.25, -0.2) is 4.79 Å². The van der Waals surface area contributed by atoms with E-state index < -0.39 is 11.8 Å². The Balaban J connectivity index is 1.41. The van der Waals surface area contributed by atoms with E-state index in [9.17, 15) is 14.4 Å². The molecule has 2 aromatic heterocycles. The SMILES string of the molecule is CC(C(=O)N1CCC(C(=O)Nc2nncs2)CC1)n1c(=O)oc2ccccc21. The van der Waals surface area contributed by atoms with E-state index in [0.29, 0.717) is 42.2 Å². The molecule has 1 saturated heterocycles. The predicted octanol–water partition coefficient (Wildman–Crippen LogP) is 1.88. The number of nitrogens with one attached hydrogen (secondary N) is 1. The maximum Gasteiger partial charge on any atom is 0.420 e. The first-order valence-electron chi connectivity index (χ1n) is 9.00. The fourth-order valence-electron chi connectivity index (χ4n) is 3.52. The quantitative estimate of drug-likeness (QED) is 0.715. The molecular weight excluding hydrogens is 382 g/mol. The number of benzene rings is 1. The maximum atomic E-state index is 12.9. The number of hydrogen-bond donors (Lipinski definition) is 1. The van der Waals surface area contributed by atoms with Gasteiger partial charge < -0.3 is 14.6 Å². The van der Waals surface area contributed by atoms with Gasteiger partial charge in [-0.15, -0.1) is 10.2 Å². The zero-order chi connectivity index (χ0) is 19.7. The van der Waals surface area contributed by atoms with Gasteiger partial charge >= 0.3 is 5.76 Å². The van der Waals surface area contributed by atoms with E-state index in [4.69, 9.17) is 4.42 Å². The molecule has 3 heterocycles. The fraction of sp³-hybridized carbons (Fsp3) is 0.389. The number of likely N-dealkylation sites (tertiary alicyclic amines) is 1. The molecule has 0 radical (unpaired) electrons. The highest BCUT2D eigenvalue weighted by atomic mass is 32.1. The molecule has 1 atom stereocenters. The lowest BCUT2D eigenvalue weighted by Gasteiger charge is -2.32. The number of para-hydroxylation sites is 2. The van der Waals surface area contributed by atoms with Crippen molar-refractivity contribution in [1.82, 2.24) is 19.7 Å². The van der Waals surface area contributed by atoms with Crippen LogP contribution in [0.4, 0.5) is 5.13 Å². The number of nitrogens with zero attached hydrogens (tertiary/aromatic N) is 4. The minimum Gasteiger partial charge on any atom is -0.408 e. The van der Waals surface area contributed by atoms with Crippen LogP contribution in [0, 0.1) is 5.92 Å².